The maximum atomic E-state index is 12.5. The van der Waals surface area contributed by atoms with Crippen LogP contribution in [0.2, 0.25) is 0 Å². The highest BCUT2D eigenvalue weighted by Gasteiger charge is 2.17. The summed E-state index contributed by atoms with van der Waals surface area (Å²) in [7, 11) is 1.62. The van der Waals surface area contributed by atoms with Crippen LogP contribution in [0.3, 0.4) is 0 Å². The van der Waals surface area contributed by atoms with Gasteiger partial charge in [0.05, 0.1) is 17.3 Å². The van der Waals surface area contributed by atoms with Crippen molar-refractivity contribution < 1.29 is 19.0 Å². The molecule has 1 N–H and O–H groups in total. The van der Waals surface area contributed by atoms with Gasteiger partial charge in [0.15, 0.2) is 11.2 Å². The van der Waals surface area contributed by atoms with Gasteiger partial charge in [0.1, 0.15) is 23.0 Å². The minimum absolute atomic E-state index is 0.273. The Labute approximate surface area is 178 Å². The summed E-state index contributed by atoms with van der Waals surface area (Å²) in [6.45, 7) is 1.69. The van der Waals surface area contributed by atoms with Crippen LogP contribution in [-0.4, -0.2) is 24.1 Å². The second-order valence-electron chi connectivity index (χ2n) is 6.49. The van der Waals surface area contributed by atoms with E-state index in [1.54, 1.807) is 38.3 Å². The fourth-order valence-corrected chi connectivity index (χ4v) is 3.66. The van der Waals surface area contributed by atoms with E-state index < -0.39 is 6.10 Å². The maximum absolute atomic E-state index is 12.5. The van der Waals surface area contributed by atoms with Crippen molar-refractivity contribution in [1.29, 1.82) is 0 Å². The topological polar surface area (TPSA) is 69.7 Å². The van der Waals surface area contributed by atoms with Crippen LogP contribution < -0.4 is 19.5 Å². The molecule has 0 bridgehead atoms. The van der Waals surface area contributed by atoms with Crippen molar-refractivity contribution in [2.24, 2.45) is 0 Å². The first-order valence-corrected chi connectivity index (χ1v) is 10.2. The van der Waals surface area contributed by atoms with Crippen LogP contribution in [0.25, 0.3) is 10.2 Å². The van der Waals surface area contributed by atoms with Crippen LogP contribution in [-0.2, 0) is 4.79 Å². The monoisotopic (exact) mass is 420 g/mol. The molecule has 4 aromatic rings. The zero-order valence-corrected chi connectivity index (χ0v) is 17.3. The first-order chi connectivity index (χ1) is 14.6. The average molecular weight is 420 g/mol. The van der Waals surface area contributed by atoms with Crippen LogP contribution in [0.5, 0.6) is 23.0 Å². The van der Waals surface area contributed by atoms with E-state index in [1.807, 2.05) is 48.5 Å². The number of benzene rings is 3. The van der Waals surface area contributed by atoms with E-state index in [4.69, 9.17) is 14.2 Å². The number of carbonyl (C=O) groups excluding carboxylic acids is 1. The second-order valence-corrected chi connectivity index (χ2v) is 7.52. The SMILES string of the molecule is COc1ccc2nc(NC(=O)C(C)Oc3ccc(Oc4ccccc4)cc3)sc2c1. The molecule has 6 nitrogen and oxygen atoms in total. The van der Waals surface area contributed by atoms with E-state index in [2.05, 4.69) is 10.3 Å². The first kappa shape index (κ1) is 19.7. The molecule has 0 saturated heterocycles. The molecule has 0 radical (unpaired) electrons. The number of amides is 1. The van der Waals surface area contributed by atoms with Gasteiger partial charge in [0, 0.05) is 0 Å². The molecule has 7 heteroatoms. The van der Waals surface area contributed by atoms with Crippen LogP contribution >= 0.6 is 11.3 Å². The van der Waals surface area contributed by atoms with Gasteiger partial charge in [0.2, 0.25) is 0 Å². The van der Waals surface area contributed by atoms with E-state index in [9.17, 15) is 4.79 Å². The van der Waals surface area contributed by atoms with Gasteiger partial charge in [-0.25, -0.2) is 4.98 Å². The molecule has 0 aliphatic carbocycles. The van der Waals surface area contributed by atoms with Crippen LogP contribution in [0.1, 0.15) is 6.92 Å². The first-order valence-electron chi connectivity index (χ1n) is 9.36. The Morgan fingerprint density at radius 2 is 1.60 bits per heavy atom. The number of aromatic nitrogens is 1. The number of para-hydroxylation sites is 1. The maximum Gasteiger partial charge on any atom is 0.266 e. The minimum atomic E-state index is -0.688. The molecule has 0 fully saturated rings. The third-order valence-corrected chi connectivity index (χ3v) is 5.24. The fourth-order valence-electron chi connectivity index (χ4n) is 2.76. The lowest BCUT2D eigenvalue weighted by Gasteiger charge is -2.14. The lowest BCUT2D eigenvalue weighted by atomic mass is 10.3. The number of nitrogens with one attached hydrogen (secondary N) is 1. The third kappa shape index (κ3) is 4.69. The Morgan fingerprint density at radius 3 is 2.33 bits per heavy atom. The smallest absolute Gasteiger partial charge is 0.266 e. The molecule has 1 heterocycles. The van der Waals surface area contributed by atoms with Crippen molar-refractivity contribution in [2.45, 2.75) is 13.0 Å². The van der Waals surface area contributed by atoms with E-state index >= 15 is 0 Å². The Kier molecular flexibility index (Phi) is 5.81. The number of methoxy groups -OCH3 is 1. The van der Waals surface area contributed by atoms with Gasteiger partial charge in [-0.2, -0.15) is 0 Å². The Bertz CT molecular complexity index is 1140. The van der Waals surface area contributed by atoms with Gasteiger partial charge >= 0.3 is 0 Å². The molecule has 4 rings (SSSR count). The summed E-state index contributed by atoms with van der Waals surface area (Å²) < 4.78 is 17.7. The summed E-state index contributed by atoms with van der Waals surface area (Å²) in [6.07, 6.45) is -0.688. The van der Waals surface area contributed by atoms with E-state index in [0.29, 0.717) is 16.6 Å². The van der Waals surface area contributed by atoms with Gasteiger partial charge in [-0.3, -0.25) is 10.1 Å². The van der Waals surface area contributed by atoms with E-state index in [-0.39, 0.29) is 5.91 Å². The number of fused-ring (bicyclic) bond motifs is 1. The predicted octanol–water partition coefficient (Wildman–Crippen LogP) is 5.50. The number of thiazole rings is 1. The number of hydrogen-bond donors (Lipinski definition) is 1. The molecule has 3 aromatic carbocycles. The lowest BCUT2D eigenvalue weighted by Crippen LogP contribution is -2.30. The third-order valence-electron chi connectivity index (χ3n) is 4.31. The van der Waals surface area contributed by atoms with Gasteiger partial charge in [0.25, 0.3) is 5.91 Å². The molecule has 0 aliphatic heterocycles. The lowest BCUT2D eigenvalue weighted by molar-refractivity contribution is -0.122. The molecule has 1 amide bonds. The number of carbonyl (C=O) groups is 1. The summed E-state index contributed by atoms with van der Waals surface area (Å²) in [5.41, 5.74) is 0.804. The number of nitrogens with zero attached hydrogens (tertiary/aromatic N) is 1. The highest BCUT2D eigenvalue weighted by molar-refractivity contribution is 7.22. The minimum Gasteiger partial charge on any atom is -0.497 e. The van der Waals surface area contributed by atoms with Gasteiger partial charge in [-0.1, -0.05) is 29.5 Å². The number of hydrogen-bond acceptors (Lipinski definition) is 6. The molecule has 1 atom stereocenters. The normalized spacial score (nSPS) is 11.7. The fraction of sp³-hybridized carbons (Fsp3) is 0.130. The summed E-state index contributed by atoms with van der Waals surface area (Å²) in [4.78, 5) is 16.9. The molecule has 152 valence electrons. The largest absolute Gasteiger partial charge is 0.497 e. The molecule has 0 aliphatic rings. The summed E-state index contributed by atoms with van der Waals surface area (Å²) in [6, 6.07) is 22.3. The van der Waals surface area contributed by atoms with Crippen LogP contribution in [0.15, 0.2) is 72.8 Å². The zero-order valence-electron chi connectivity index (χ0n) is 16.5. The standard InChI is InChI=1S/C23H20N2O4S/c1-15(22(26)25-23-24-20-13-12-19(27-2)14-21(20)30-23)28-17-8-10-18(11-9-17)29-16-6-4-3-5-7-16/h3-15H,1-2H3,(H,24,25,26). The average Bonchev–Trinajstić information content (AvgIpc) is 3.17. The summed E-state index contributed by atoms with van der Waals surface area (Å²) in [5.74, 6) is 2.50. The summed E-state index contributed by atoms with van der Waals surface area (Å²) in [5, 5.41) is 3.33. The van der Waals surface area contributed by atoms with Gasteiger partial charge < -0.3 is 14.2 Å². The van der Waals surface area contributed by atoms with Gasteiger partial charge in [-0.05, 0) is 61.5 Å². The molecule has 30 heavy (non-hydrogen) atoms. The molecule has 0 saturated carbocycles. The highest BCUT2D eigenvalue weighted by Crippen LogP contribution is 2.29. The quantitative estimate of drug-likeness (QED) is 0.427. The van der Waals surface area contributed by atoms with E-state index in [1.165, 1.54) is 11.3 Å². The second kappa shape index (κ2) is 8.84. The van der Waals surface area contributed by atoms with Crippen molar-refractivity contribution in [1.82, 2.24) is 4.98 Å². The molecule has 1 aromatic heterocycles. The molecule has 1 unspecified atom stereocenters. The number of rotatable bonds is 7. The Balaban J connectivity index is 1.36. The highest BCUT2D eigenvalue weighted by atomic mass is 32.1. The molecule has 0 spiro atoms. The van der Waals surface area contributed by atoms with E-state index in [0.717, 1.165) is 21.7 Å². The van der Waals surface area contributed by atoms with Crippen molar-refractivity contribution in [3.05, 3.63) is 72.8 Å². The summed E-state index contributed by atoms with van der Waals surface area (Å²) >= 11 is 1.39. The van der Waals surface area contributed by atoms with Gasteiger partial charge in [-0.15, -0.1) is 0 Å². The van der Waals surface area contributed by atoms with Crippen molar-refractivity contribution >= 4 is 32.6 Å². The Morgan fingerprint density at radius 1 is 0.933 bits per heavy atom. The van der Waals surface area contributed by atoms with Crippen LogP contribution in [0.4, 0.5) is 5.13 Å². The molecular formula is C23H20N2O4S. The number of ether oxygens (including phenoxy) is 3. The zero-order chi connectivity index (χ0) is 20.9. The van der Waals surface area contributed by atoms with Crippen molar-refractivity contribution in [3.63, 3.8) is 0 Å². The van der Waals surface area contributed by atoms with Crippen molar-refractivity contribution in [3.8, 4) is 23.0 Å². The van der Waals surface area contributed by atoms with Crippen LogP contribution in [0, 0.1) is 0 Å². The predicted molar refractivity (Wildman–Crippen MR) is 118 cm³/mol. The Hall–Kier alpha value is -3.58. The molecular weight excluding hydrogens is 400 g/mol. The number of anilines is 1. The van der Waals surface area contributed by atoms with Crippen molar-refractivity contribution in [2.75, 3.05) is 12.4 Å².